The van der Waals surface area contributed by atoms with Crippen molar-refractivity contribution in [2.24, 2.45) is 5.92 Å². The van der Waals surface area contributed by atoms with Crippen molar-refractivity contribution in [2.45, 2.75) is 50.2 Å². The van der Waals surface area contributed by atoms with Gasteiger partial charge in [0.05, 0.1) is 11.7 Å². The topological polar surface area (TPSA) is 9.23 Å². The van der Waals surface area contributed by atoms with Crippen LogP contribution in [0.3, 0.4) is 0 Å². The molecule has 0 N–H and O–H groups in total. The Kier molecular flexibility index (Phi) is 2.78. The van der Waals surface area contributed by atoms with Gasteiger partial charge in [-0.1, -0.05) is 25.0 Å². The van der Waals surface area contributed by atoms with E-state index in [2.05, 4.69) is 19.2 Å². The minimum absolute atomic E-state index is 0.124. The summed E-state index contributed by atoms with van der Waals surface area (Å²) in [5.41, 5.74) is 0.124. The highest BCUT2D eigenvalue weighted by atomic mass is 16.5. The highest BCUT2D eigenvalue weighted by molar-refractivity contribution is 5.04. The quantitative estimate of drug-likeness (QED) is 0.609. The van der Waals surface area contributed by atoms with Crippen LogP contribution >= 0.6 is 0 Å². The monoisotopic (exact) mass is 192 g/mol. The van der Waals surface area contributed by atoms with E-state index in [1.807, 2.05) is 6.08 Å². The molecule has 0 aromatic rings. The van der Waals surface area contributed by atoms with Crippen LogP contribution in [0.4, 0.5) is 0 Å². The van der Waals surface area contributed by atoms with E-state index in [1.165, 1.54) is 32.1 Å². The molecule has 0 unspecified atom stereocenters. The number of rotatable bonds is 2. The maximum Gasteiger partial charge on any atom is 0.0761 e. The van der Waals surface area contributed by atoms with Crippen LogP contribution in [0.25, 0.3) is 0 Å². The molecule has 2 rings (SSSR count). The molecule has 0 radical (unpaired) electrons. The second-order valence-electron chi connectivity index (χ2n) is 4.58. The van der Waals surface area contributed by atoms with Crippen LogP contribution in [-0.4, -0.2) is 11.7 Å². The lowest BCUT2D eigenvalue weighted by molar-refractivity contribution is -0.129. The summed E-state index contributed by atoms with van der Waals surface area (Å²) in [6.07, 6.45) is 11.7. The second-order valence-corrected chi connectivity index (χ2v) is 4.58. The predicted octanol–water partition coefficient (Wildman–Crippen LogP) is 3.47. The van der Waals surface area contributed by atoms with Gasteiger partial charge in [-0.15, -0.1) is 13.2 Å². The molecule has 1 heteroatoms. The van der Waals surface area contributed by atoms with Crippen molar-refractivity contribution in [1.29, 1.82) is 0 Å². The number of ether oxygens (including phenoxy) is 1. The van der Waals surface area contributed by atoms with Crippen LogP contribution < -0.4 is 0 Å². The van der Waals surface area contributed by atoms with Crippen LogP contribution in [-0.2, 0) is 4.74 Å². The Balaban J connectivity index is 2.15. The first-order valence-electron chi connectivity index (χ1n) is 5.74. The molecule has 0 amide bonds. The summed E-state index contributed by atoms with van der Waals surface area (Å²) in [6, 6.07) is 0. The van der Waals surface area contributed by atoms with Gasteiger partial charge in [0.25, 0.3) is 0 Å². The highest BCUT2D eigenvalue weighted by Crippen LogP contribution is 2.46. The SMILES string of the molecule is C=C[C@H]1CC[C@H](C=C)C2(CCCC2)O1. The Morgan fingerprint density at radius 2 is 1.79 bits per heavy atom. The van der Waals surface area contributed by atoms with Crippen molar-refractivity contribution in [3.8, 4) is 0 Å². The van der Waals surface area contributed by atoms with Gasteiger partial charge >= 0.3 is 0 Å². The van der Waals surface area contributed by atoms with E-state index in [1.54, 1.807) is 0 Å². The van der Waals surface area contributed by atoms with Gasteiger partial charge in [-0.05, 0) is 25.7 Å². The largest absolute Gasteiger partial charge is 0.367 e. The lowest BCUT2D eigenvalue weighted by Gasteiger charge is -2.43. The van der Waals surface area contributed by atoms with Gasteiger partial charge in [-0.3, -0.25) is 0 Å². The zero-order chi connectivity index (χ0) is 10.0. The Hall–Kier alpha value is -0.560. The van der Waals surface area contributed by atoms with E-state index in [0.717, 1.165) is 6.42 Å². The number of hydrogen-bond donors (Lipinski definition) is 0. The molecule has 2 fully saturated rings. The maximum absolute atomic E-state index is 6.20. The summed E-state index contributed by atoms with van der Waals surface area (Å²) in [7, 11) is 0. The van der Waals surface area contributed by atoms with Crippen molar-refractivity contribution >= 4 is 0 Å². The Morgan fingerprint density at radius 3 is 2.36 bits per heavy atom. The van der Waals surface area contributed by atoms with Crippen LogP contribution in [0.15, 0.2) is 25.3 Å². The van der Waals surface area contributed by atoms with Gasteiger partial charge in [0, 0.05) is 5.92 Å². The minimum atomic E-state index is 0.124. The lowest BCUT2D eigenvalue weighted by atomic mass is 9.79. The standard InChI is InChI=1S/C13H20O/c1-3-11-7-8-12(4-2)14-13(11)9-5-6-10-13/h3-4,11-12H,1-2,5-10H2/t11-,12-/m0/s1. The average molecular weight is 192 g/mol. The predicted molar refractivity (Wildman–Crippen MR) is 59.2 cm³/mol. The molecule has 1 aliphatic carbocycles. The summed E-state index contributed by atoms with van der Waals surface area (Å²) < 4.78 is 6.20. The Labute approximate surface area is 86.8 Å². The van der Waals surface area contributed by atoms with Crippen molar-refractivity contribution in [3.05, 3.63) is 25.3 Å². The van der Waals surface area contributed by atoms with Crippen molar-refractivity contribution in [1.82, 2.24) is 0 Å². The molecule has 0 aromatic heterocycles. The van der Waals surface area contributed by atoms with Crippen LogP contribution in [0.2, 0.25) is 0 Å². The van der Waals surface area contributed by atoms with Gasteiger partial charge in [0.1, 0.15) is 0 Å². The molecule has 1 saturated heterocycles. The number of hydrogen-bond acceptors (Lipinski definition) is 1. The second kappa shape index (κ2) is 3.90. The fraction of sp³-hybridized carbons (Fsp3) is 0.692. The molecule has 2 aliphatic rings. The molecule has 1 nitrogen and oxygen atoms in total. The van der Waals surface area contributed by atoms with Crippen LogP contribution in [0.1, 0.15) is 38.5 Å². The normalized spacial score (nSPS) is 35.7. The Bertz CT molecular complexity index is 225. The molecule has 0 aromatic carbocycles. The smallest absolute Gasteiger partial charge is 0.0761 e. The molecular weight excluding hydrogens is 172 g/mol. The zero-order valence-corrected chi connectivity index (χ0v) is 8.87. The molecular formula is C13H20O. The minimum Gasteiger partial charge on any atom is -0.367 e. The highest BCUT2D eigenvalue weighted by Gasteiger charge is 2.44. The van der Waals surface area contributed by atoms with Gasteiger partial charge in [0.2, 0.25) is 0 Å². The summed E-state index contributed by atoms with van der Waals surface area (Å²) in [4.78, 5) is 0. The van der Waals surface area contributed by atoms with E-state index in [4.69, 9.17) is 4.74 Å². The summed E-state index contributed by atoms with van der Waals surface area (Å²) >= 11 is 0. The molecule has 1 heterocycles. The summed E-state index contributed by atoms with van der Waals surface area (Å²) in [6.45, 7) is 7.79. The van der Waals surface area contributed by atoms with Gasteiger partial charge in [-0.25, -0.2) is 0 Å². The fourth-order valence-electron chi connectivity index (χ4n) is 3.02. The third-order valence-electron chi connectivity index (χ3n) is 3.82. The first kappa shape index (κ1) is 9.97. The average Bonchev–Trinajstić information content (AvgIpc) is 2.67. The van der Waals surface area contributed by atoms with Crippen molar-refractivity contribution in [2.75, 3.05) is 0 Å². The van der Waals surface area contributed by atoms with E-state index in [0.29, 0.717) is 5.92 Å². The van der Waals surface area contributed by atoms with E-state index < -0.39 is 0 Å². The molecule has 14 heavy (non-hydrogen) atoms. The fourth-order valence-corrected chi connectivity index (χ4v) is 3.02. The third-order valence-corrected chi connectivity index (χ3v) is 3.82. The molecule has 78 valence electrons. The van der Waals surface area contributed by atoms with E-state index in [-0.39, 0.29) is 11.7 Å². The van der Waals surface area contributed by atoms with Gasteiger partial charge < -0.3 is 4.74 Å². The third kappa shape index (κ3) is 1.54. The molecule has 1 spiro atoms. The Morgan fingerprint density at radius 1 is 1.07 bits per heavy atom. The van der Waals surface area contributed by atoms with Crippen molar-refractivity contribution < 1.29 is 4.74 Å². The lowest BCUT2D eigenvalue weighted by Crippen LogP contribution is -2.44. The van der Waals surface area contributed by atoms with Gasteiger partial charge in [0.15, 0.2) is 0 Å². The van der Waals surface area contributed by atoms with Gasteiger partial charge in [-0.2, -0.15) is 0 Å². The zero-order valence-electron chi connectivity index (χ0n) is 8.87. The summed E-state index contributed by atoms with van der Waals surface area (Å²) in [5.74, 6) is 0.571. The van der Waals surface area contributed by atoms with Crippen LogP contribution in [0.5, 0.6) is 0 Å². The first-order valence-corrected chi connectivity index (χ1v) is 5.74. The van der Waals surface area contributed by atoms with E-state index >= 15 is 0 Å². The summed E-state index contributed by atoms with van der Waals surface area (Å²) in [5, 5.41) is 0. The van der Waals surface area contributed by atoms with E-state index in [9.17, 15) is 0 Å². The molecule has 0 bridgehead atoms. The molecule has 2 atom stereocenters. The first-order chi connectivity index (χ1) is 6.80. The molecule has 1 saturated carbocycles. The van der Waals surface area contributed by atoms with Crippen molar-refractivity contribution in [3.63, 3.8) is 0 Å². The molecule has 1 aliphatic heterocycles. The van der Waals surface area contributed by atoms with Crippen LogP contribution in [0, 0.1) is 5.92 Å². The maximum atomic E-state index is 6.20.